The molecule has 2 amide bonds. The number of nitrogens with one attached hydrogen (secondary N) is 2. The molecular formula is C21H16ClN3O3S. The van der Waals surface area contributed by atoms with Gasteiger partial charge in [-0.05, 0) is 41.8 Å². The highest BCUT2D eigenvalue weighted by atomic mass is 35.5. The van der Waals surface area contributed by atoms with Crippen molar-refractivity contribution in [3.8, 4) is 5.75 Å². The van der Waals surface area contributed by atoms with Gasteiger partial charge in [0.2, 0.25) is 0 Å². The maximum atomic E-state index is 12.6. The van der Waals surface area contributed by atoms with Crippen LogP contribution < -0.4 is 10.7 Å². The van der Waals surface area contributed by atoms with E-state index in [-0.39, 0.29) is 22.0 Å². The third kappa shape index (κ3) is 5.54. The number of hydrogen-bond acceptors (Lipinski definition) is 5. The molecular weight excluding hydrogens is 410 g/mol. The fourth-order valence-electron chi connectivity index (χ4n) is 2.33. The van der Waals surface area contributed by atoms with Gasteiger partial charge in [-0.15, -0.1) is 11.3 Å². The van der Waals surface area contributed by atoms with E-state index in [9.17, 15) is 14.7 Å². The first-order valence-corrected chi connectivity index (χ1v) is 9.73. The first kappa shape index (κ1) is 20.3. The average molecular weight is 426 g/mol. The summed E-state index contributed by atoms with van der Waals surface area (Å²) in [5.74, 6) is -1.10. The van der Waals surface area contributed by atoms with Gasteiger partial charge in [-0.25, -0.2) is 5.43 Å². The summed E-state index contributed by atoms with van der Waals surface area (Å²) < 4.78 is 0. The Bertz CT molecular complexity index is 1080. The molecule has 2 aromatic carbocycles. The molecule has 0 saturated carbocycles. The Hall–Kier alpha value is -3.42. The molecule has 29 heavy (non-hydrogen) atoms. The fraction of sp³-hybridized carbons (Fsp3) is 0. The smallest absolute Gasteiger partial charge is 0.287 e. The highest BCUT2D eigenvalue weighted by Gasteiger charge is 2.16. The molecule has 8 heteroatoms. The lowest BCUT2D eigenvalue weighted by atomic mass is 10.2. The van der Waals surface area contributed by atoms with Crippen LogP contribution in [0.4, 0.5) is 0 Å². The van der Waals surface area contributed by atoms with Crippen LogP contribution in [0.15, 0.2) is 76.8 Å². The van der Waals surface area contributed by atoms with Gasteiger partial charge >= 0.3 is 0 Å². The molecule has 3 N–H and O–H groups in total. The molecule has 0 atom stereocenters. The van der Waals surface area contributed by atoms with Crippen LogP contribution in [-0.4, -0.2) is 23.1 Å². The van der Waals surface area contributed by atoms with Gasteiger partial charge in [0.05, 0.1) is 16.8 Å². The summed E-state index contributed by atoms with van der Waals surface area (Å²) in [6.07, 6.45) is 2.86. The molecule has 3 rings (SSSR count). The maximum Gasteiger partial charge on any atom is 0.287 e. The van der Waals surface area contributed by atoms with Crippen molar-refractivity contribution in [3.63, 3.8) is 0 Å². The standard InChI is InChI=1S/C21H16ClN3O3S/c22-17-9-3-2-8-16(17)20(27)24-18(12-15-7-5-11-29-15)21(28)25-23-13-14-6-1-4-10-19(14)26/h1-13,26H,(H,24,27)(H,25,28)/b18-12+,23-13-. The topological polar surface area (TPSA) is 90.8 Å². The summed E-state index contributed by atoms with van der Waals surface area (Å²) in [6.45, 7) is 0. The lowest BCUT2D eigenvalue weighted by Crippen LogP contribution is -2.32. The molecule has 3 aromatic rings. The van der Waals surface area contributed by atoms with Crippen LogP contribution in [0.3, 0.4) is 0 Å². The van der Waals surface area contributed by atoms with E-state index in [4.69, 9.17) is 11.6 Å². The fourth-order valence-corrected chi connectivity index (χ4v) is 3.21. The molecule has 0 aliphatic rings. The number of halogens is 1. The minimum absolute atomic E-state index is 0.00630. The van der Waals surface area contributed by atoms with Gasteiger partial charge in [0.15, 0.2) is 0 Å². The predicted molar refractivity (Wildman–Crippen MR) is 115 cm³/mol. The number of amides is 2. The lowest BCUT2D eigenvalue weighted by molar-refractivity contribution is -0.117. The van der Waals surface area contributed by atoms with E-state index < -0.39 is 11.8 Å². The van der Waals surface area contributed by atoms with Crippen molar-refractivity contribution in [1.29, 1.82) is 0 Å². The quantitative estimate of drug-likeness (QED) is 0.316. The monoisotopic (exact) mass is 425 g/mol. The Morgan fingerprint density at radius 3 is 2.52 bits per heavy atom. The summed E-state index contributed by atoms with van der Waals surface area (Å²) >= 11 is 7.48. The van der Waals surface area contributed by atoms with Gasteiger partial charge in [-0.2, -0.15) is 5.10 Å². The van der Waals surface area contributed by atoms with E-state index >= 15 is 0 Å². The molecule has 1 aromatic heterocycles. The van der Waals surface area contributed by atoms with Gasteiger partial charge in [0.1, 0.15) is 11.4 Å². The second-order valence-corrected chi connectivity index (χ2v) is 7.15. The highest BCUT2D eigenvalue weighted by Crippen LogP contribution is 2.17. The Morgan fingerprint density at radius 1 is 1.03 bits per heavy atom. The van der Waals surface area contributed by atoms with E-state index in [0.29, 0.717) is 5.56 Å². The summed E-state index contributed by atoms with van der Waals surface area (Å²) in [4.78, 5) is 25.9. The Kier molecular flexibility index (Phi) is 6.78. The first-order chi connectivity index (χ1) is 14.0. The number of hydrazone groups is 1. The second kappa shape index (κ2) is 9.68. The highest BCUT2D eigenvalue weighted by molar-refractivity contribution is 7.10. The normalized spacial score (nSPS) is 11.4. The van der Waals surface area contributed by atoms with Crippen molar-refractivity contribution in [3.05, 3.63) is 92.8 Å². The zero-order valence-electron chi connectivity index (χ0n) is 15.0. The molecule has 0 aliphatic carbocycles. The van der Waals surface area contributed by atoms with Crippen LogP contribution in [0, 0.1) is 0 Å². The minimum Gasteiger partial charge on any atom is -0.507 e. The van der Waals surface area contributed by atoms with Crippen molar-refractivity contribution < 1.29 is 14.7 Å². The number of phenols is 1. The molecule has 0 saturated heterocycles. The average Bonchev–Trinajstić information content (AvgIpc) is 3.22. The van der Waals surface area contributed by atoms with Gasteiger partial charge in [0.25, 0.3) is 11.8 Å². The second-order valence-electron chi connectivity index (χ2n) is 5.77. The number of para-hydroxylation sites is 1. The van der Waals surface area contributed by atoms with E-state index in [1.54, 1.807) is 48.5 Å². The number of benzene rings is 2. The van der Waals surface area contributed by atoms with Crippen molar-refractivity contribution in [2.45, 2.75) is 0 Å². The van der Waals surface area contributed by atoms with Crippen LogP contribution in [0.5, 0.6) is 5.75 Å². The number of hydrogen-bond donors (Lipinski definition) is 3. The number of nitrogens with zero attached hydrogens (tertiary/aromatic N) is 1. The molecule has 0 spiro atoms. The van der Waals surface area contributed by atoms with Crippen LogP contribution >= 0.6 is 22.9 Å². The number of rotatable bonds is 6. The SMILES string of the molecule is O=C(N/N=C\c1ccccc1O)/C(=C\c1cccs1)NC(=O)c1ccccc1Cl. The van der Waals surface area contributed by atoms with Gasteiger partial charge in [0, 0.05) is 10.4 Å². The molecule has 0 bridgehead atoms. The number of thiophene rings is 1. The minimum atomic E-state index is -0.620. The largest absolute Gasteiger partial charge is 0.507 e. The van der Waals surface area contributed by atoms with Crippen molar-refractivity contribution in [2.24, 2.45) is 5.10 Å². The maximum absolute atomic E-state index is 12.6. The van der Waals surface area contributed by atoms with Gasteiger partial charge < -0.3 is 10.4 Å². The Balaban J connectivity index is 1.78. The summed E-state index contributed by atoms with van der Waals surface area (Å²) in [5.41, 5.74) is 3.05. The summed E-state index contributed by atoms with van der Waals surface area (Å²) in [7, 11) is 0. The third-order valence-corrected chi connectivity index (χ3v) is 4.90. The molecule has 0 radical (unpaired) electrons. The van der Waals surface area contributed by atoms with Crippen LogP contribution in [0.2, 0.25) is 5.02 Å². The third-order valence-electron chi connectivity index (χ3n) is 3.75. The first-order valence-electron chi connectivity index (χ1n) is 8.47. The number of phenolic OH excluding ortho intramolecular Hbond substituents is 1. The van der Waals surface area contributed by atoms with E-state index in [1.165, 1.54) is 23.6 Å². The molecule has 0 unspecified atom stereocenters. The van der Waals surface area contributed by atoms with Crippen molar-refractivity contribution in [1.82, 2.24) is 10.7 Å². The number of aromatic hydroxyl groups is 1. The zero-order chi connectivity index (χ0) is 20.6. The van der Waals surface area contributed by atoms with Gasteiger partial charge in [-0.1, -0.05) is 41.9 Å². The van der Waals surface area contributed by atoms with Crippen LogP contribution in [0.25, 0.3) is 6.08 Å². The molecule has 1 heterocycles. The van der Waals surface area contributed by atoms with E-state index in [1.807, 2.05) is 17.5 Å². The lowest BCUT2D eigenvalue weighted by Gasteiger charge is -2.09. The van der Waals surface area contributed by atoms with Crippen molar-refractivity contribution >= 4 is 47.0 Å². The molecule has 0 fully saturated rings. The summed E-state index contributed by atoms with van der Waals surface area (Å²) in [6, 6.07) is 16.8. The van der Waals surface area contributed by atoms with E-state index in [2.05, 4.69) is 15.8 Å². The van der Waals surface area contributed by atoms with Crippen LogP contribution in [0.1, 0.15) is 20.8 Å². The molecule has 0 aliphatic heterocycles. The van der Waals surface area contributed by atoms with E-state index in [0.717, 1.165) is 4.88 Å². The zero-order valence-corrected chi connectivity index (χ0v) is 16.6. The van der Waals surface area contributed by atoms with Crippen LogP contribution in [-0.2, 0) is 4.79 Å². The molecule has 6 nitrogen and oxygen atoms in total. The molecule has 146 valence electrons. The Labute approximate surface area is 176 Å². The number of carbonyl (C=O) groups excluding carboxylic acids is 2. The Morgan fingerprint density at radius 2 is 1.79 bits per heavy atom. The van der Waals surface area contributed by atoms with Gasteiger partial charge in [-0.3, -0.25) is 9.59 Å². The summed E-state index contributed by atoms with van der Waals surface area (Å²) in [5, 5.41) is 18.3. The predicted octanol–water partition coefficient (Wildman–Crippen LogP) is 4.03. The van der Waals surface area contributed by atoms with Crippen molar-refractivity contribution in [2.75, 3.05) is 0 Å². The number of carbonyl (C=O) groups is 2.